The second-order valence-electron chi connectivity index (χ2n) is 4.52. The molecule has 1 aliphatic rings. The monoisotopic (exact) mass is 259 g/mol. The summed E-state index contributed by atoms with van der Waals surface area (Å²) in [7, 11) is 0. The number of rotatable bonds is 6. The normalized spacial score (nSPS) is 18.6. The van der Waals surface area contributed by atoms with E-state index in [1.165, 1.54) is 6.42 Å². The highest BCUT2D eigenvalue weighted by molar-refractivity contribution is 7.98. The largest absolute Gasteiger partial charge is 0.480 e. The van der Waals surface area contributed by atoms with Crippen molar-refractivity contribution < 1.29 is 14.7 Å². The topological polar surface area (TPSA) is 66.4 Å². The number of carboxylic acid groups (broad SMARTS) is 1. The Balaban J connectivity index is 2.42. The first-order chi connectivity index (χ1) is 8.15. The molecule has 0 saturated heterocycles. The van der Waals surface area contributed by atoms with Crippen LogP contribution in [0.4, 0.5) is 0 Å². The molecule has 0 aromatic carbocycles. The first kappa shape index (κ1) is 14.4. The minimum atomic E-state index is -0.928. The van der Waals surface area contributed by atoms with E-state index < -0.39 is 12.0 Å². The molecule has 0 spiro atoms. The third kappa shape index (κ3) is 4.98. The summed E-state index contributed by atoms with van der Waals surface area (Å²) < 4.78 is 0. The van der Waals surface area contributed by atoms with Crippen molar-refractivity contribution in [2.24, 2.45) is 5.92 Å². The Morgan fingerprint density at radius 2 is 2.00 bits per heavy atom. The van der Waals surface area contributed by atoms with E-state index in [-0.39, 0.29) is 11.8 Å². The molecule has 2 N–H and O–H groups in total. The van der Waals surface area contributed by atoms with Crippen LogP contribution in [0.5, 0.6) is 0 Å². The average molecular weight is 259 g/mol. The van der Waals surface area contributed by atoms with Crippen molar-refractivity contribution in [1.82, 2.24) is 5.32 Å². The van der Waals surface area contributed by atoms with Crippen LogP contribution >= 0.6 is 11.8 Å². The van der Waals surface area contributed by atoms with E-state index in [1.807, 2.05) is 6.26 Å². The van der Waals surface area contributed by atoms with Crippen LogP contribution in [0, 0.1) is 5.92 Å². The molecule has 1 rings (SSSR count). The molecule has 1 fully saturated rings. The molecule has 17 heavy (non-hydrogen) atoms. The predicted octanol–water partition coefficient (Wildman–Crippen LogP) is 1.89. The van der Waals surface area contributed by atoms with Gasteiger partial charge in [0.05, 0.1) is 0 Å². The van der Waals surface area contributed by atoms with Crippen LogP contribution in [-0.4, -0.2) is 35.0 Å². The second kappa shape index (κ2) is 7.58. The number of nitrogens with one attached hydrogen (secondary N) is 1. The molecule has 0 radical (unpaired) electrons. The molecular formula is C12H21NO3S. The Kier molecular flexibility index (Phi) is 6.40. The third-order valence-corrected chi connectivity index (χ3v) is 3.85. The molecule has 1 atom stereocenters. The van der Waals surface area contributed by atoms with Gasteiger partial charge in [0.1, 0.15) is 6.04 Å². The molecule has 0 aliphatic heterocycles. The van der Waals surface area contributed by atoms with E-state index in [9.17, 15) is 9.59 Å². The SMILES string of the molecule is CSCC[C@H](NC(=O)C1CCCCC1)C(=O)O. The fourth-order valence-electron chi connectivity index (χ4n) is 2.15. The van der Waals surface area contributed by atoms with Crippen LogP contribution in [0.3, 0.4) is 0 Å². The molecule has 0 unspecified atom stereocenters. The predicted molar refractivity (Wildman–Crippen MR) is 69.1 cm³/mol. The molecule has 1 aliphatic carbocycles. The van der Waals surface area contributed by atoms with Crippen LogP contribution in [0.2, 0.25) is 0 Å². The van der Waals surface area contributed by atoms with E-state index in [1.54, 1.807) is 11.8 Å². The van der Waals surface area contributed by atoms with Gasteiger partial charge in [-0.1, -0.05) is 19.3 Å². The van der Waals surface area contributed by atoms with Gasteiger partial charge >= 0.3 is 5.97 Å². The summed E-state index contributed by atoms with van der Waals surface area (Å²) >= 11 is 1.60. The fraction of sp³-hybridized carbons (Fsp3) is 0.833. The number of carbonyl (C=O) groups excluding carboxylic acids is 1. The highest BCUT2D eigenvalue weighted by Crippen LogP contribution is 2.23. The summed E-state index contributed by atoms with van der Waals surface area (Å²) in [6, 6.07) is -0.725. The number of amides is 1. The molecule has 98 valence electrons. The summed E-state index contributed by atoms with van der Waals surface area (Å²) in [5.74, 6) is -0.219. The summed E-state index contributed by atoms with van der Waals surface area (Å²) in [5.41, 5.74) is 0. The van der Waals surface area contributed by atoms with Gasteiger partial charge in [-0.05, 0) is 31.3 Å². The number of hydrogen-bond acceptors (Lipinski definition) is 3. The van der Waals surface area contributed by atoms with Gasteiger partial charge in [-0.25, -0.2) is 4.79 Å². The van der Waals surface area contributed by atoms with Crippen LogP contribution in [0.25, 0.3) is 0 Å². The third-order valence-electron chi connectivity index (χ3n) is 3.20. The molecule has 1 amide bonds. The lowest BCUT2D eigenvalue weighted by Gasteiger charge is -2.23. The van der Waals surface area contributed by atoms with Crippen LogP contribution < -0.4 is 5.32 Å². The van der Waals surface area contributed by atoms with Gasteiger partial charge in [0.15, 0.2) is 0 Å². The Bertz CT molecular complexity index is 264. The van der Waals surface area contributed by atoms with Crippen LogP contribution in [0.15, 0.2) is 0 Å². The van der Waals surface area contributed by atoms with Gasteiger partial charge in [-0.3, -0.25) is 4.79 Å². The molecule has 0 heterocycles. The lowest BCUT2D eigenvalue weighted by Crippen LogP contribution is -2.44. The number of carbonyl (C=O) groups is 2. The molecule has 0 aromatic heterocycles. The van der Waals surface area contributed by atoms with Crippen molar-refractivity contribution in [2.45, 2.75) is 44.6 Å². The summed E-state index contributed by atoms with van der Waals surface area (Å²) in [5, 5.41) is 11.7. The zero-order valence-electron chi connectivity index (χ0n) is 10.3. The van der Waals surface area contributed by atoms with Gasteiger partial charge in [-0.2, -0.15) is 11.8 Å². The maximum Gasteiger partial charge on any atom is 0.326 e. The zero-order chi connectivity index (χ0) is 12.7. The Labute approximate surface area is 107 Å². The maximum atomic E-state index is 11.9. The van der Waals surface area contributed by atoms with Gasteiger partial charge < -0.3 is 10.4 Å². The van der Waals surface area contributed by atoms with E-state index in [0.29, 0.717) is 6.42 Å². The minimum absolute atomic E-state index is 0.0277. The van der Waals surface area contributed by atoms with Crippen molar-refractivity contribution >= 4 is 23.6 Å². The second-order valence-corrected chi connectivity index (χ2v) is 5.50. The van der Waals surface area contributed by atoms with Crippen molar-refractivity contribution in [3.8, 4) is 0 Å². The highest BCUT2D eigenvalue weighted by Gasteiger charge is 2.25. The zero-order valence-corrected chi connectivity index (χ0v) is 11.1. The first-order valence-corrected chi connectivity index (χ1v) is 7.56. The van der Waals surface area contributed by atoms with Gasteiger partial charge in [0.2, 0.25) is 5.91 Å². The van der Waals surface area contributed by atoms with Gasteiger partial charge in [-0.15, -0.1) is 0 Å². The summed E-state index contributed by atoms with van der Waals surface area (Å²) in [4.78, 5) is 22.9. The van der Waals surface area contributed by atoms with Crippen molar-refractivity contribution in [2.75, 3.05) is 12.0 Å². The highest BCUT2D eigenvalue weighted by atomic mass is 32.2. The molecule has 0 bridgehead atoms. The van der Waals surface area contributed by atoms with Crippen molar-refractivity contribution in [1.29, 1.82) is 0 Å². The first-order valence-electron chi connectivity index (χ1n) is 6.17. The summed E-state index contributed by atoms with van der Waals surface area (Å²) in [6.45, 7) is 0. The average Bonchev–Trinajstić information content (AvgIpc) is 2.35. The van der Waals surface area contributed by atoms with Gasteiger partial charge in [0, 0.05) is 5.92 Å². The Hall–Kier alpha value is -0.710. The number of thioether (sulfide) groups is 1. The molecule has 1 saturated carbocycles. The molecule has 0 aromatic rings. The lowest BCUT2D eigenvalue weighted by atomic mass is 9.88. The molecular weight excluding hydrogens is 238 g/mol. The van der Waals surface area contributed by atoms with Crippen LogP contribution in [0.1, 0.15) is 38.5 Å². The number of carboxylic acids is 1. The molecule has 5 heteroatoms. The lowest BCUT2D eigenvalue weighted by molar-refractivity contribution is -0.142. The number of hydrogen-bond donors (Lipinski definition) is 2. The van der Waals surface area contributed by atoms with E-state index in [0.717, 1.165) is 31.4 Å². The van der Waals surface area contributed by atoms with E-state index in [2.05, 4.69) is 5.32 Å². The van der Waals surface area contributed by atoms with Crippen molar-refractivity contribution in [3.05, 3.63) is 0 Å². The molecule has 4 nitrogen and oxygen atoms in total. The Morgan fingerprint density at radius 1 is 1.35 bits per heavy atom. The fourth-order valence-corrected chi connectivity index (χ4v) is 2.62. The van der Waals surface area contributed by atoms with E-state index in [4.69, 9.17) is 5.11 Å². The number of aliphatic carboxylic acids is 1. The smallest absolute Gasteiger partial charge is 0.326 e. The van der Waals surface area contributed by atoms with Crippen molar-refractivity contribution in [3.63, 3.8) is 0 Å². The minimum Gasteiger partial charge on any atom is -0.480 e. The van der Waals surface area contributed by atoms with Gasteiger partial charge in [0.25, 0.3) is 0 Å². The maximum absolute atomic E-state index is 11.9. The van der Waals surface area contributed by atoms with E-state index >= 15 is 0 Å². The van der Waals surface area contributed by atoms with Crippen LogP contribution in [-0.2, 0) is 9.59 Å². The summed E-state index contributed by atoms with van der Waals surface area (Å²) in [6.07, 6.45) is 7.60. The standard InChI is InChI=1S/C12H21NO3S/c1-17-8-7-10(12(15)16)13-11(14)9-5-3-2-4-6-9/h9-10H,2-8H2,1H3,(H,13,14)(H,15,16)/t10-/m0/s1. The quantitative estimate of drug-likeness (QED) is 0.764. The Morgan fingerprint density at radius 3 is 2.53 bits per heavy atom.